The lowest BCUT2D eigenvalue weighted by atomic mass is 10.2. The first-order valence-electron chi connectivity index (χ1n) is 34.6. The minimum absolute atomic E-state index is 0.465. The van der Waals surface area contributed by atoms with Gasteiger partial charge in [0.1, 0.15) is 23.0 Å². The Hall–Kier alpha value is -5.13. The quantitative estimate of drug-likeness (QED) is 0.0308. The van der Waals surface area contributed by atoms with Crippen LogP contribution in [-0.4, -0.2) is 97.4 Å². The molecule has 4 aromatic rings. The van der Waals surface area contributed by atoms with E-state index in [0.29, 0.717) is 148 Å². The van der Waals surface area contributed by atoms with Crippen molar-refractivity contribution in [2.75, 3.05) is 79.3 Å². The third-order valence-electron chi connectivity index (χ3n) is 14.7. The van der Waals surface area contributed by atoms with E-state index in [0.717, 1.165) is 175 Å². The maximum Gasteiger partial charge on any atom is 0.236 e. The second kappa shape index (κ2) is 46.0. The summed E-state index contributed by atoms with van der Waals surface area (Å²) in [5.74, 6) is 7.74. The van der Waals surface area contributed by atoms with Gasteiger partial charge in [-0.3, -0.25) is 0 Å². The molecule has 0 atom stereocenters. The third kappa shape index (κ3) is 26.1. The Bertz CT molecular complexity index is 2110. The number of benzene rings is 4. The van der Waals surface area contributed by atoms with E-state index in [1.165, 1.54) is 0 Å². The van der Waals surface area contributed by atoms with Gasteiger partial charge in [0.15, 0.2) is 46.0 Å². The van der Waals surface area contributed by atoms with Crippen LogP contribution in [0, 0.1) is 0 Å². The second-order valence-corrected chi connectivity index (χ2v) is 27.8. The molecule has 0 unspecified atom stereocenters. The highest BCUT2D eigenvalue weighted by molar-refractivity contribution is 6.93. The largest absolute Gasteiger partial charge is 0.493 e. The van der Waals surface area contributed by atoms with Gasteiger partial charge in [0.05, 0.1) is 79.3 Å². The van der Waals surface area contributed by atoms with Gasteiger partial charge in [-0.15, -0.1) is 0 Å². The normalized spacial score (nSPS) is 11.3. The van der Waals surface area contributed by atoms with Gasteiger partial charge < -0.3 is 61.0 Å². The van der Waals surface area contributed by atoms with E-state index in [4.69, 9.17) is 61.0 Å². The predicted octanol–water partition coefficient (Wildman–Crippen LogP) is 16.2. The highest BCUT2D eigenvalue weighted by atomic mass is 28.4. The zero-order valence-electron chi connectivity index (χ0n) is 56.5. The maximum absolute atomic E-state index is 8.74. The molecule has 0 radical (unpaired) electrons. The molecule has 0 spiro atoms. The smallest absolute Gasteiger partial charge is 0.236 e. The lowest BCUT2D eigenvalue weighted by Crippen LogP contribution is -2.57. The van der Waals surface area contributed by atoms with E-state index in [9.17, 15) is 0 Å². The molecule has 0 heterocycles. The molecule has 0 N–H and O–H groups in total. The summed E-state index contributed by atoms with van der Waals surface area (Å²) in [5, 5.41) is 3.39. The molecule has 0 bridgehead atoms. The number of hydrogen-bond donors (Lipinski definition) is 0. The fourth-order valence-corrected chi connectivity index (χ4v) is 16.5. The Morgan fingerprint density at radius 3 is 0.540 bits per heavy atom. The van der Waals surface area contributed by atoms with Crippen LogP contribution in [0.4, 0.5) is 0 Å². The van der Waals surface area contributed by atoms with Crippen LogP contribution >= 0.6 is 0 Å². The molecule has 0 fully saturated rings. The lowest BCUT2D eigenvalue weighted by molar-refractivity contribution is 0.258. The first-order valence-corrected chi connectivity index (χ1v) is 37.9. The lowest BCUT2D eigenvalue weighted by Gasteiger charge is -2.32. The number of rotatable bonds is 54. The molecule has 0 aliphatic heterocycles. The van der Waals surface area contributed by atoms with Crippen LogP contribution in [0.1, 0.15) is 237 Å². The molecule has 13 nitrogen and oxygen atoms in total. The van der Waals surface area contributed by atoms with Crippen molar-refractivity contribution in [1.82, 2.24) is 0 Å². The van der Waals surface area contributed by atoms with Gasteiger partial charge in [-0.05, 0) is 101 Å². The molecule has 492 valence electrons. The minimum atomic E-state index is -3.37. The molecule has 0 saturated carbocycles. The van der Waals surface area contributed by atoms with E-state index < -0.39 is 18.1 Å². The Balaban J connectivity index is 2.49. The second-order valence-electron chi connectivity index (χ2n) is 22.7. The van der Waals surface area contributed by atoms with Crippen LogP contribution in [0.5, 0.6) is 69.0 Å². The van der Waals surface area contributed by atoms with Crippen LogP contribution in [0.25, 0.3) is 0 Å². The average Bonchev–Trinajstić information content (AvgIpc) is 0.910. The highest BCUT2D eigenvalue weighted by Gasteiger charge is 2.39. The topological polar surface area (TPSA) is 120 Å². The van der Waals surface area contributed by atoms with Crippen molar-refractivity contribution in [2.45, 2.75) is 237 Å². The molecule has 4 aromatic carbocycles. The minimum Gasteiger partial charge on any atom is -0.493 e. The van der Waals surface area contributed by atoms with Crippen molar-refractivity contribution in [1.29, 1.82) is 0 Å². The van der Waals surface area contributed by atoms with Crippen molar-refractivity contribution in [2.24, 2.45) is 0 Å². The monoisotopic (exact) mass is 1250 g/mol. The zero-order valence-corrected chi connectivity index (χ0v) is 58.8. The molecule has 15 heteroatoms. The maximum atomic E-state index is 8.74. The van der Waals surface area contributed by atoms with E-state index in [1.54, 1.807) is 0 Å². The molecule has 87 heavy (non-hydrogen) atoms. The summed E-state index contributed by atoms with van der Waals surface area (Å²) >= 11 is 0. The summed E-state index contributed by atoms with van der Waals surface area (Å²) in [5.41, 5.74) is 0. The fourth-order valence-electron chi connectivity index (χ4n) is 9.23. The average molecular weight is 1250 g/mol. The fraction of sp³-hybridized carbons (Fsp3) is 0.667. The predicted molar refractivity (Wildman–Crippen MR) is 365 cm³/mol. The van der Waals surface area contributed by atoms with Gasteiger partial charge in [-0.2, -0.15) is 0 Å². The summed E-state index contributed by atoms with van der Waals surface area (Å²) in [6.45, 7) is 32.2. The van der Waals surface area contributed by atoms with Crippen LogP contribution in [0.15, 0.2) is 48.5 Å². The number of ether oxygens (including phenoxy) is 12. The summed E-state index contributed by atoms with van der Waals surface area (Å²) in [7, 11) is -6.74. The molecule has 0 amide bonds. The molecular formula is C72H118O13Si2. The first kappa shape index (κ1) is 74.3. The molecule has 0 aromatic heterocycles. The number of unbranched alkanes of at least 4 members (excludes halogenated alkanes) is 12. The van der Waals surface area contributed by atoms with Gasteiger partial charge in [0.2, 0.25) is 18.1 Å². The van der Waals surface area contributed by atoms with Crippen LogP contribution in [-0.2, 0) is 4.12 Å². The van der Waals surface area contributed by atoms with Crippen molar-refractivity contribution < 1.29 is 61.0 Å². The van der Waals surface area contributed by atoms with Gasteiger partial charge in [0.25, 0.3) is 0 Å². The summed E-state index contributed by atoms with van der Waals surface area (Å²) < 4.78 is 92.5. The Morgan fingerprint density at radius 1 is 0.207 bits per heavy atom. The van der Waals surface area contributed by atoms with E-state index in [1.807, 2.05) is 24.3 Å². The van der Waals surface area contributed by atoms with Crippen molar-refractivity contribution in [3.05, 3.63) is 48.5 Å². The van der Waals surface area contributed by atoms with Gasteiger partial charge in [-0.25, -0.2) is 0 Å². The molecule has 0 aliphatic carbocycles. The Kier molecular flexibility index (Phi) is 39.3. The Labute approximate surface area is 531 Å². The summed E-state index contributed by atoms with van der Waals surface area (Å²) in [6.07, 6.45) is 21.9. The standard InChI is InChI=1S/C72H118O13Si2/c1-13-25-37-73-57-49-61(77-41-29-17-5)69(81-45-33-21-9)65(53-57)86(66-54-58(74-38-26-14-2)50-62(78-42-30-18-6)70(66)82-46-34-22-10)85-87(67-55-59(75-39-27-15-3)51-63(79-43-31-19-7)71(67)83-47-35-23-11)68-56-60(76-40-28-16-4)52-64(80-44-32-20-8)72(68)84-48-36-24-12/h49-56,86-87H,13-48H2,1-12H3. The highest BCUT2D eigenvalue weighted by Crippen LogP contribution is 2.39. The zero-order chi connectivity index (χ0) is 62.7. The third-order valence-corrected chi connectivity index (χ3v) is 20.8. The van der Waals surface area contributed by atoms with Gasteiger partial charge in [-0.1, -0.05) is 160 Å². The van der Waals surface area contributed by atoms with E-state index in [2.05, 4.69) is 107 Å². The van der Waals surface area contributed by atoms with Crippen molar-refractivity contribution in [3.8, 4) is 69.0 Å². The van der Waals surface area contributed by atoms with Crippen LogP contribution < -0.4 is 77.6 Å². The Morgan fingerprint density at radius 2 is 0.368 bits per heavy atom. The molecule has 0 aliphatic rings. The summed E-state index contributed by atoms with van der Waals surface area (Å²) in [4.78, 5) is 0. The SMILES string of the molecule is CCCCOc1cc(OCCCC)c(OCCCC)c([SiH](O[SiH](c2cc(OCCCC)cc(OCCCC)c2OCCCC)c2cc(OCCCC)cc(OCCCC)c2OCCCC)c2cc(OCCCC)cc(OCCCC)c2OCCCC)c1. The van der Waals surface area contributed by atoms with Gasteiger partial charge in [0, 0.05) is 45.0 Å². The van der Waals surface area contributed by atoms with E-state index >= 15 is 0 Å². The summed E-state index contributed by atoms with van der Waals surface area (Å²) in [6, 6.07) is 16.7. The van der Waals surface area contributed by atoms with Gasteiger partial charge >= 0.3 is 0 Å². The van der Waals surface area contributed by atoms with Crippen LogP contribution in [0.3, 0.4) is 0 Å². The molecular weight excluding hydrogens is 1130 g/mol. The number of hydrogen-bond acceptors (Lipinski definition) is 13. The molecule has 4 rings (SSSR count). The molecule has 0 saturated heterocycles. The van der Waals surface area contributed by atoms with Crippen molar-refractivity contribution in [3.63, 3.8) is 0 Å². The van der Waals surface area contributed by atoms with Crippen molar-refractivity contribution >= 4 is 38.8 Å². The van der Waals surface area contributed by atoms with E-state index in [-0.39, 0.29) is 0 Å². The first-order chi connectivity index (χ1) is 42.7. The van der Waals surface area contributed by atoms with Crippen LogP contribution in [0.2, 0.25) is 0 Å².